The van der Waals surface area contributed by atoms with Crippen molar-refractivity contribution in [2.45, 2.75) is 31.2 Å². The van der Waals surface area contributed by atoms with Crippen LogP contribution in [0.3, 0.4) is 0 Å². The van der Waals surface area contributed by atoms with Crippen LogP contribution in [0.25, 0.3) is 0 Å². The first-order valence-corrected chi connectivity index (χ1v) is 4.63. The number of hydrogen-bond acceptors (Lipinski definition) is 2. The highest BCUT2D eigenvalue weighted by Crippen LogP contribution is 2.40. The van der Waals surface area contributed by atoms with Crippen LogP contribution in [0.4, 0.5) is 8.78 Å². The standard InChI is InChI=1S/C9H10F2N2O2/c10-9(11,5-7(14)15)8-12-3-4-13(8)6-1-2-6/h3-4,6H,1-2,5H2,(H,14,15). The van der Waals surface area contributed by atoms with Crippen LogP contribution in [0.1, 0.15) is 31.1 Å². The van der Waals surface area contributed by atoms with Gasteiger partial charge in [-0.15, -0.1) is 0 Å². The first-order valence-electron chi connectivity index (χ1n) is 4.63. The van der Waals surface area contributed by atoms with Crippen molar-refractivity contribution in [1.82, 2.24) is 9.55 Å². The molecule has 0 bridgehead atoms. The lowest BCUT2D eigenvalue weighted by Crippen LogP contribution is -2.23. The second-order valence-corrected chi connectivity index (χ2v) is 3.66. The molecule has 82 valence electrons. The average molecular weight is 216 g/mol. The highest BCUT2D eigenvalue weighted by Gasteiger charge is 2.41. The Morgan fingerprint density at radius 2 is 2.33 bits per heavy atom. The van der Waals surface area contributed by atoms with Crippen LogP contribution in [0, 0.1) is 0 Å². The van der Waals surface area contributed by atoms with E-state index in [1.165, 1.54) is 17.0 Å². The number of carbonyl (C=O) groups is 1. The largest absolute Gasteiger partial charge is 0.481 e. The third kappa shape index (κ3) is 1.98. The van der Waals surface area contributed by atoms with E-state index in [4.69, 9.17) is 5.11 Å². The minimum atomic E-state index is -3.39. The van der Waals surface area contributed by atoms with E-state index in [0.29, 0.717) is 0 Å². The van der Waals surface area contributed by atoms with Crippen molar-refractivity contribution in [3.63, 3.8) is 0 Å². The maximum absolute atomic E-state index is 13.4. The van der Waals surface area contributed by atoms with Crippen LogP contribution < -0.4 is 0 Å². The molecule has 1 aliphatic carbocycles. The Morgan fingerprint density at radius 1 is 1.67 bits per heavy atom. The number of rotatable bonds is 4. The topological polar surface area (TPSA) is 55.1 Å². The summed E-state index contributed by atoms with van der Waals surface area (Å²) in [4.78, 5) is 13.8. The normalized spacial score (nSPS) is 16.7. The molecule has 0 saturated heterocycles. The van der Waals surface area contributed by atoms with Crippen molar-refractivity contribution < 1.29 is 18.7 Å². The molecule has 2 rings (SSSR count). The second-order valence-electron chi connectivity index (χ2n) is 3.66. The van der Waals surface area contributed by atoms with Gasteiger partial charge in [-0.3, -0.25) is 4.79 Å². The number of aromatic nitrogens is 2. The molecule has 1 heterocycles. The van der Waals surface area contributed by atoms with E-state index in [1.54, 1.807) is 0 Å². The first-order chi connectivity index (χ1) is 7.00. The lowest BCUT2D eigenvalue weighted by atomic mass is 10.2. The van der Waals surface area contributed by atoms with E-state index in [2.05, 4.69) is 4.98 Å². The van der Waals surface area contributed by atoms with Gasteiger partial charge in [0, 0.05) is 18.4 Å². The Hall–Kier alpha value is -1.46. The van der Waals surface area contributed by atoms with Crippen LogP contribution in [0.5, 0.6) is 0 Å². The molecular weight excluding hydrogens is 206 g/mol. The summed E-state index contributed by atoms with van der Waals surface area (Å²) in [5.41, 5.74) is 0. The SMILES string of the molecule is O=C(O)CC(F)(F)c1nccn1C1CC1. The number of alkyl halides is 2. The van der Waals surface area contributed by atoms with Crippen molar-refractivity contribution in [2.75, 3.05) is 0 Å². The van der Waals surface area contributed by atoms with Gasteiger partial charge in [-0.25, -0.2) is 4.98 Å². The maximum Gasteiger partial charge on any atom is 0.315 e. The molecule has 6 heteroatoms. The van der Waals surface area contributed by atoms with Crippen LogP contribution in [-0.4, -0.2) is 20.6 Å². The van der Waals surface area contributed by atoms with E-state index >= 15 is 0 Å². The van der Waals surface area contributed by atoms with Gasteiger partial charge in [0.1, 0.15) is 6.42 Å². The highest BCUT2D eigenvalue weighted by atomic mass is 19.3. The van der Waals surface area contributed by atoms with Crippen molar-refractivity contribution in [2.24, 2.45) is 0 Å². The number of carboxylic acids is 1. The predicted molar refractivity (Wildman–Crippen MR) is 46.6 cm³/mol. The molecule has 0 unspecified atom stereocenters. The van der Waals surface area contributed by atoms with E-state index in [9.17, 15) is 13.6 Å². The lowest BCUT2D eigenvalue weighted by molar-refractivity contribution is -0.146. The molecule has 0 aromatic carbocycles. The van der Waals surface area contributed by atoms with Crippen molar-refractivity contribution in [3.05, 3.63) is 18.2 Å². The molecule has 1 aromatic rings. The van der Waals surface area contributed by atoms with E-state index < -0.39 is 24.1 Å². The number of aliphatic carboxylic acids is 1. The average Bonchev–Trinajstić information content (AvgIpc) is 2.80. The fourth-order valence-corrected chi connectivity index (χ4v) is 1.51. The zero-order chi connectivity index (χ0) is 11.1. The van der Waals surface area contributed by atoms with Crippen LogP contribution in [-0.2, 0) is 10.7 Å². The summed E-state index contributed by atoms with van der Waals surface area (Å²) in [5, 5.41) is 8.38. The van der Waals surface area contributed by atoms with Gasteiger partial charge in [0.2, 0.25) is 0 Å². The summed E-state index contributed by atoms with van der Waals surface area (Å²) in [6, 6.07) is 0.0715. The molecule has 1 fully saturated rings. The molecule has 0 spiro atoms. The lowest BCUT2D eigenvalue weighted by Gasteiger charge is -2.15. The summed E-state index contributed by atoms with van der Waals surface area (Å²) in [6.07, 6.45) is 3.25. The summed E-state index contributed by atoms with van der Waals surface area (Å²) >= 11 is 0. The Bertz CT molecular complexity index is 385. The fourth-order valence-electron chi connectivity index (χ4n) is 1.51. The number of imidazole rings is 1. The number of nitrogens with zero attached hydrogens (tertiary/aromatic N) is 2. The molecule has 1 aromatic heterocycles. The minimum absolute atomic E-state index is 0.0715. The molecule has 15 heavy (non-hydrogen) atoms. The Morgan fingerprint density at radius 3 is 2.87 bits per heavy atom. The quantitative estimate of drug-likeness (QED) is 0.834. The van der Waals surface area contributed by atoms with Gasteiger partial charge in [0.05, 0.1) is 0 Å². The van der Waals surface area contributed by atoms with E-state index in [1.807, 2.05) is 0 Å². The van der Waals surface area contributed by atoms with E-state index in [-0.39, 0.29) is 6.04 Å². The monoisotopic (exact) mass is 216 g/mol. The van der Waals surface area contributed by atoms with Gasteiger partial charge in [-0.1, -0.05) is 0 Å². The fraction of sp³-hybridized carbons (Fsp3) is 0.556. The summed E-state index contributed by atoms with van der Waals surface area (Å²) in [5.74, 6) is -5.35. The number of carboxylic acid groups (broad SMARTS) is 1. The van der Waals surface area contributed by atoms with Crippen LogP contribution in [0.2, 0.25) is 0 Å². The molecular formula is C9H10F2N2O2. The van der Waals surface area contributed by atoms with Gasteiger partial charge >= 0.3 is 11.9 Å². The first kappa shape index (κ1) is 10.1. The zero-order valence-electron chi connectivity index (χ0n) is 7.86. The maximum atomic E-state index is 13.4. The Kier molecular flexibility index (Phi) is 2.21. The van der Waals surface area contributed by atoms with E-state index in [0.717, 1.165) is 12.8 Å². The molecule has 4 nitrogen and oxygen atoms in total. The van der Waals surface area contributed by atoms with Crippen LogP contribution >= 0.6 is 0 Å². The van der Waals surface area contributed by atoms with Crippen molar-refractivity contribution in [3.8, 4) is 0 Å². The van der Waals surface area contributed by atoms with Gasteiger partial charge in [0.25, 0.3) is 0 Å². The second kappa shape index (κ2) is 3.29. The number of hydrogen-bond donors (Lipinski definition) is 1. The van der Waals surface area contributed by atoms with Crippen LogP contribution in [0.15, 0.2) is 12.4 Å². The van der Waals surface area contributed by atoms with Crippen molar-refractivity contribution in [1.29, 1.82) is 0 Å². The highest BCUT2D eigenvalue weighted by molar-refractivity contribution is 5.68. The zero-order valence-corrected chi connectivity index (χ0v) is 7.86. The number of halogens is 2. The Labute approximate surface area is 84.5 Å². The molecule has 0 radical (unpaired) electrons. The van der Waals surface area contributed by atoms with Gasteiger partial charge in [-0.05, 0) is 12.8 Å². The minimum Gasteiger partial charge on any atom is -0.481 e. The van der Waals surface area contributed by atoms with Gasteiger partial charge in [0.15, 0.2) is 5.82 Å². The summed E-state index contributed by atoms with van der Waals surface area (Å²) < 4.78 is 28.2. The molecule has 0 aliphatic heterocycles. The van der Waals surface area contributed by atoms with Crippen molar-refractivity contribution >= 4 is 5.97 Å². The smallest absolute Gasteiger partial charge is 0.315 e. The third-order valence-corrected chi connectivity index (χ3v) is 2.31. The third-order valence-electron chi connectivity index (χ3n) is 2.31. The molecule has 0 atom stereocenters. The molecule has 1 saturated carbocycles. The summed E-state index contributed by atoms with van der Waals surface area (Å²) in [7, 11) is 0. The molecule has 1 N–H and O–H groups in total. The Balaban J connectivity index is 2.26. The molecule has 1 aliphatic rings. The molecule has 0 amide bonds. The predicted octanol–water partition coefficient (Wildman–Crippen LogP) is 1.78. The summed E-state index contributed by atoms with van der Waals surface area (Å²) in [6.45, 7) is 0. The van der Waals surface area contributed by atoms with Gasteiger partial charge in [-0.2, -0.15) is 8.78 Å². The van der Waals surface area contributed by atoms with Gasteiger partial charge < -0.3 is 9.67 Å².